The summed E-state index contributed by atoms with van der Waals surface area (Å²) >= 11 is 7.00. The summed E-state index contributed by atoms with van der Waals surface area (Å²) in [5.74, 6) is -0.950. The Balaban J connectivity index is 1.31. The molecule has 0 unspecified atom stereocenters. The van der Waals surface area contributed by atoms with Crippen molar-refractivity contribution in [1.82, 2.24) is 15.1 Å². The van der Waals surface area contributed by atoms with Gasteiger partial charge in [-0.3, -0.25) is 9.59 Å². The van der Waals surface area contributed by atoms with Crippen LogP contribution >= 0.6 is 23.1 Å². The minimum Gasteiger partial charge on any atom is -0.347 e. The zero-order valence-electron chi connectivity index (χ0n) is 18.6. The zero-order valence-corrected chi connectivity index (χ0v) is 21.0. The van der Waals surface area contributed by atoms with E-state index in [0.717, 1.165) is 21.0 Å². The van der Waals surface area contributed by atoms with Gasteiger partial charge in [-0.1, -0.05) is 36.4 Å². The van der Waals surface area contributed by atoms with Gasteiger partial charge in [-0.15, -0.1) is 11.3 Å². The highest BCUT2D eigenvalue weighted by molar-refractivity contribution is 7.91. The van der Waals surface area contributed by atoms with E-state index in [1.165, 1.54) is 41.7 Å². The molecule has 36 heavy (non-hydrogen) atoms. The fraction of sp³-hybridized carbons (Fsp3) is 0.0800. The van der Waals surface area contributed by atoms with Crippen LogP contribution < -0.4 is 15.5 Å². The van der Waals surface area contributed by atoms with Crippen molar-refractivity contribution in [2.45, 2.75) is 22.9 Å². The lowest BCUT2D eigenvalue weighted by Crippen LogP contribution is -2.22. The van der Waals surface area contributed by atoms with Crippen molar-refractivity contribution < 1.29 is 18.0 Å². The first-order valence-corrected chi connectivity index (χ1v) is 13.5. The Bertz CT molecular complexity index is 1580. The average molecular weight is 539 g/mol. The number of fused-ring (bicyclic) bond motifs is 2. The van der Waals surface area contributed by atoms with Gasteiger partial charge in [0.25, 0.3) is 11.8 Å². The van der Waals surface area contributed by atoms with Crippen LogP contribution in [-0.4, -0.2) is 25.2 Å². The first-order valence-electron chi connectivity index (χ1n) is 10.8. The molecule has 3 aromatic carbocycles. The Hall–Kier alpha value is -3.57. The fourth-order valence-corrected chi connectivity index (χ4v) is 6.44. The number of nitrogens with zero attached hydrogens (tertiary/aromatic N) is 1. The van der Waals surface area contributed by atoms with Crippen molar-refractivity contribution in [1.29, 1.82) is 0 Å². The second kappa shape index (κ2) is 9.82. The van der Waals surface area contributed by atoms with Gasteiger partial charge in [0.1, 0.15) is 5.01 Å². The molecule has 182 valence electrons. The normalized spacial score (nSPS) is 13.8. The van der Waals surface area contributed by atoms with Crippen LogP contribution in [0.1, 0.15) is 31.2 Å². The predicted molar refractivity (Wildman–Crippen MR) is 138 cm³/mol. The number of carbonyl (C=O) groups excluding carboxylic acids is 2. The lowest BCUT2D eigenvalue weighted by Gasteiger charge is -2.10. The molecule has 1 aliphatic rings. The number of hydrogen-bond donors (Lipinski definition) is 3. The van der Waals surface area contributed by atoms with Crippen LogP contribution in [0.4, 0.5) is 5.69 Å². The summed E-state index contributed by atoms with van der Waals surface area (Å²) in [7, 11) is -3.93. The Morgan fingerprint density at radius 2 is 1.78 bits per heavy atom. The number of anilines is 1. The predicted octanol–water partition coefficient (Wildman–Crippen LogP) is 4.38. The van der Waals surface area contributed by atoms with Gasteiger partial charge in [0.2, 0.25) is 9.84 Å². The van der Waals surface area contributed by atoms with Gasteiger partial charge < -0.3 is 10.6 Å². The van der Waals surface area contributed by atoms with Gasteiger partial charge >= 0.3 is 0 Å². The lowest BCUT2D eigenvalue weighted by molar-refractivity contribution is 0.0949. The van der Waals surface area contributed by atoms with E-state index in [9.17, 15) is 18.0 Å². The van der Waals surface area contributed by atoms with Crippen LogP contribution in [0.2, 0.25) is 0 Å². The molecular weight excluding hydrogens is 520 g/mol. The summed E-state index contributed by atoms with van der Waals surface area (Å²) in [6.45, 7) is 0.806. The summed E-state index contributed by atoms with van der Waals surface area (Å²) < 4.78 is 26.2. The summed E-state index contributed by atoms with van der Waals surface area (Å²) in [4.78, 5) is 33.2. The number of benzene rings is 3. The van der Waals surface area contributed by atoms with Crippen LogP contribution in [0.25, 0.3) is 10.6 Å². The number of sulfone groups is 1. The highest BCUT2D eigenvalue weighted by Crippen LogP contribution is 2.34. The van der Waals surface area contributed by atoms with Crippen LogP contribution in [-0.2, 0) is 22.9 Å². The van der Waals surface area contributed by atoms with E-state index >= 15 is 0 Å². The molecule has 4 aromatic rings. The molecule has 2 heterocycles. The molecule has 5 rings (SSSR count). The Kier molecular flexibility index (Phi) is 6.59. The second-order valence-corrected chi connectivity index (χ2v) is 11.3. The highest BCUT2D eigenvalue weighted by atomic mass is 35.5. The van der Waals surface area contributed by atoms with E-state index < -0.39 is 21.7 Å². The standard InChI is InChI=1S/C25H19ClN4O4S2/c26-29-12-15-5-7-16(8-6-15)25-28-14-18(35-25)13-27-23(31)17-9-10-22-20(11-17)30-24(32)19-3-1-2-4-21(19)36(22,33)34/h1-11,14,29H,12-13H2,(H,27,31)(H,30,32). The average Bonchev–Trinajstić information content (AvgIpc) is 3.34. The molecule has 1 aliphatic heterocycles. The maximum Gasteiger partial charge on any atom is 0.257 e. The molecular formula is C25H19ClN4O4S2. The second-order valence-electron chi connectivity index (χ2n) is 7.99. The van der Waals surface area contributed by atoms with Gasteiger partial charge in [-0.05, 0) is 47.7 Å². The van der Waals surface area contributed by atoms with Crippen LogP contribution in [0.5, 0.6) is 0 Å². The largest absolute Gasteiger partial charge is 0.347 e. The molecule has 0 saturated carbocycles. The topological polar surface area (TPSA) is 117 Å². The molecule has 0 saturated heterocycles. The van der Waals surface area contributed by atoms with E-state index in [2.05, 4.69) is 20.5 Å². The Morgan fingerprint density at radius 3 is 2.56 bits per heavy atom. The quantitative estimate of drug-likeness (QED) is 0.314. The number of halogens is 1. The maximum atomic E-state index is 13.1. The van der Waals surface area contributed by atoms with Gasteiger partial charge in [0.15, 0.2) is 0 Å². The minimum atomic E-state index is -3.93. The third kappa shape index (κ3) is 4.63. The van der Waals surface area contributed by atoms with Gasteiger partial charge in [-0.2, -0.15) is 0 Å². The van der Waals surface area contributed by atoms with E-state index in [4.69, 9.17) is 11.8 Å². The fourth-order valence-electron chi connectivity index (χ4n) is 3.83. The van der Waals surface area contributed by atoms with Crippen molar-refractivity contribution in [2.75, 3.05) is 5.32 Å². The Labute approximate surface area is 216 Å². The van der Waals surface area contributed by atoms with Crippen LogP contribution in [0.3, 0.4) is 0 Å². The summed E-state index contributed by atoms with van der Waals surface area (Å²) in [6, 6.07) is 18.0. The Morgan fingerprint density at radius 1 is 1.00 bits per heavy atom. The van der Waals surface area contributed by atoms with Crippen LogP contribution in [0.15, 0.2) is 82.7 Å². The first kappa shape index (κ1) is 24.1. The van der Waals surface area contributed by atoms with Gasteiger partial charge in [-0.25, -0.2) is 18.2 Å². The summed E-state index contributed by atoms with van der Waals surface area (Å²) in [5.41, 5.74) is 2.36. The molecule has 3 N–H and O–H groups in total. The lowest BCUT2D eigenvalue weighted by atomic mass is 10.1. The van der Waals surface area contributed by atoms with Crippen molar-refractivity contribution in [3.63, 3.8) is 0 Å². The number of hydrogen-bond acceptors (Lipinski definition) is 7. The van der Waals surface area contributed by atoms with Crippen molar-refractivity contribution >= 4 is 50.5 Å². The molecule has 0 spiro atoms. The molecule has 0 radical (unpaired) electrons. The van der Waals surface area contributed by atoms with Crippen molar-refractivity contribution in [3.8, 4) is 10.6 Å². The third-order valence-corrected chi connectivity index (χ3v) is 8.70. The monoisotopic (exact) mass is 538 g/mol. The minimum absolute atomic E-state index is 0.0581. The smallest absolute Gasteiger partial charge is 0.257 e. The van der Waals surface area contributed by atoms with E-state index in [-0.39, 0.29) is 33.2 Å². The third-order valence-electron chi connectivity index (χ3n) is 5.65. The van der Waals surface area contributed by atoms with Gasteiger partial charge in [0.05, 0.1) is 27.6 Å². The molecule has 8 nitrogen and oxygen atoms in total. The summed E-state index contributed by atoms with van der Waals surface area (Å²) in [6.07, 6.45) is 1.70. The van der Waals surface area contributed by atoms with E-state index in [1.807, 2.05) is 24.3 Å². The number of amides is 2. The molecule has 11 heteroatoms. The highest BCUT2D eigenvalue weighted by Gasteiger charge is 2.31. The van der Waals surface area contributed by atoms with Gasteiger partial charge in [0, 0.05) is 28.7 Å². The number of aromatic nitrogens is 1. The zero-order chi connectivity index (χ0) is 25.3. The first-order chi connectivity index (χ1) is 17.4. The van der Waals surface area contributed by atoms with Crippen LogP contribution in [0, 0.1) is 0 Å². The molecule has 0 aliphatic carbocycles. The SMILES string of the molecule is O=C(NCc1cnc(-c2ccc(CNCl)cc2)s1)c1ccc2c(c1)NC(=O)c1ccccc1S2(=O)=O. The number of nitrogens with one attached hydrogen (secondary N) is 3. The molecule has 2 amide bonds. The summed E-state index contributed by atoms with van der Waals surface area (Å²) in [5, 5.41) is 6.26. The van der Waals surface area contributed by atoms with Crippen molar-refractivity contribution in [2.24, 2.45) is 0 Å². The molecule has 0 fully saturated rings. The van der Waals surface area contributed by atoms with E-state index in [0.29, 0.717) is 6.54 Å². The molecule has 0 bridgehead atoms. The number of carbonyl (C=O) groups is 2. The number of rotatable bonds is 6. The van der Waals surface area contributed by atoms with Crippen molar-refractivity contribution in [3.05, 3.63) is 94.5 Å². The maximum absolute atomic E-state index is 13.1. The molecule has 0 atom stereocenters. The van der Waals surface area contributed by atoms with E-state index in [1.54, 1.807) is 18.3 Å². The number of thiazole rings is 1. The molecule has 1 aromatic heterocycles.